The summed E-state index contributed by atoms with van der Waals surface area (Å²) >= 11 is 0. The molecule has 1 saturated heterocycles. The number of carboxylic acid groups (broad SMARTS) is 1. The van der Waals surface area contributed by atoms with Crippen LogP contribution in [0, 0.1) is 17.0 Å². The van der Waals surface area contributed by atoms with Crippen molar-refractivity contribution in [3.05, 3.63) is 39.4 Å². The van der Waals surface area contributed by atoms with Crippen LogP contribution in [-0.4, -0.2) is 33.5 Å². The second-order valence-electron chi connectivity index (χ2n) is 5.49. The van der Waals surface area contributed by atoms with Crippen LogP contribution < -0.4 is 0 Å². The third-order valence-electron chi connectivity index (χ3n) is 4.14. The zero-order valence-electron chi connectivity index (χ0n) is 12.1. The van der Waals surface area contributed by atoms with Gasteiger partial charge in [0, 0.05) is 18.2 Å². The molecule has 0 aliphatic carbocycles. The van der Waals surface area contributed by atoms with Crippen molar-refractivity contribution in [2.24, 2.45) is 0 Å². The first kappa shape index (κ1) is 15.4. The number of hydrogen-bond donors (Lipinski definition) is 1. The molecule has 1 atom stereocenters. The Balaban J connectivity index is 2.24. The molecule has 0 spiro atoms. The molecule has 0 amide bonds. The Morgan fingerprint density at radius 3 is 2.86 bits per heavy atom. The van der Waals surface area contributed by atoms with Crippen LogP contribution in [0.2, 0.25) is 0 Å². The maximum absolute atomic E-state index is 11.4. The number of carboxylic acids is 1. The smallest absolute Gasteiger partial charge is 0.320 e. The fourth-order valence-corrected chi connectivity index (χ4v) is 2.89. The summed E-state index contributed by atoms with van der Waals surface area (Å²) in [5.41, 5.74) is 1.54. The van der Waals surface area contributed by atoms with Gasteiger partial charge in [-0.2, -0.15) is 0 Å². The van der Waals surface area contributed by atoms with Gasteiger partial charge in [0.1, 0.15) is 6.04 Å². The van der Waals surface area contributed by atoms with Gasteiger partial charge in [-0.25, -0.2) is 0 Å². The van der Waals surface area contributed by atoms with E-state index in [0.717, 1.165) is 31.4 Å². The number of aliphatic carboxylic acids is 1. The van der Waals surface area contributed by atoms with Crippen molar-refractivity contribution in [1.29, 1.82) is 0 Å². The molecular formula is C15H20N2O4. The average Bonchev–Trinajstić information content (AvgIpc) is 2.66. The molecule has 0 aromatic heterocycles. The van der Waals surface area contributed by atoms with E-state index in [0.29, 0.717) is 18.5 Å². The van der Waals surface area contributed by atoms with Gasteiger partial charge in [-0.15, -0.1) is 0 Å². The van der Waals surface area contributed by atoms with Crippen molar-refractivity contribution in [2.75, 3.05) is 6.54 Å². The molecule has 114 valence electrons. The van der Waals surface area contributed by atoms with E-state index in [1.165, 1.54) is 6.07 Å². The molecule has 21 heavy (non-hydrogen) atoms. The summed E-state index contributed by atoms with van der Waals surface area (Å²) in [6.07, 6.45) is 3.57. The summed E-state index contributed by atoms with van der Waals surface area (Å²) in [6.45, 7) is 2.89. The Kier molecular flexibility index (Phi) is 4.90. The van der Waals surface area contributed by atoms with E-state index in [1.54, 1.807) is 13.0 Å². The minimum absolute atomic E-state index is 0.0918. The lowest BCUT2D eigenvalue weighted by Gasteiger charge is -2.27. The first-order chi connectivity index (χ1) is 10.0. The number of rotatable bonds is 4. The van der Waals surface area contributed by atoms with Gasteiger partial charge in [0.2, 0.25) is 0 Å². The first-order valence-corrected chi connectivity index (χ1v) is 7.20. The van der Waals surface area contributed by atoms with Crippen molar-refractivity contribution < 1.29 is 14.8 Å². The Labute approximate surface area is 123 Å². The van der Waals surface area contributed by atoms with Gasteiger partial charge in [0.05, 0.1) is 4.92 Å². The van der Waals surface area contributed by atoms with E-state index in [2.05, 4.69) is 0 Å². The molecule has 1 aliphatic heterocycles. The number of likely N-dealkylation sites (tertiary alicyclic amines) is 1. The van der Waals surface area contributed by atoms with Gasteiger partial charge in [-0.3, -0.25) is 19.8 Å². The predicted molar refractivity (Wildman–Crippen MR) is 78.1 cm³/mol. The van der Waals surface area contributed by atoms with Crippen LogP contribution in [0.25, 0.3) is 0 Å². The lowest BCUT2D eigenvalue weighted by atomic mass is 10.0. The largest absolute Gasteiger partial charge is 0.480 e. The minimum Gasteiger partial charge on any atom is -0.480 e. The zero-order valence-corrected chi connectivity index (χ0v) is 12.1. The summed E-state index contributed by atoms with van der Waals surface area (Å²) in [6, 6.07) is 4.49. The van der Waals surface area contributed by atoms with Crippen LogP contribution in [0.4, 0.5) is 5.69 Å². The van der Waals surface area contributed by atoms with Gasteiger partial charge in [0.25, 0.3) is 5.69 Å². The van der Waals surface area contributed by atoms with Crippen LogP contribution in [0.1, 0.15) is 36.8 Å². The highest BCUT2D eigenvalue weighted by Gasteiger charge is 2.28. The lowest BCUT2D eigenvalue weighted by Crippen LogP contribution is -2.40. The quantitative estimate of drug-likeness (QED) is 0.681. The lowest BCUT2D eigenvalue weighted by molar-refractivity contribution is -0.385. The standard InChI is InChI=1S/C15H20N2O4/c1-11-12(6-5-8-13(11)17(20)21)10-16-9-4-2-3-7-14(16)15(18)19/h5-6,8,14H,2-4,7,9-10H2,1H3,(H,18,19). The molecule has 1 aliphatic rings. The number of hydrogen-bond acceptors (Lipinski definition) is 4. The van der Waals surface area contributed by atoms with Crippen LogP contribution in [0.3, 0.4) is 0 Å². The Hall–Kier alpha value is -1.95. The van der Waals surface area contributed by atoms with Gasteiger partial charge in [-0.1, -0.05) is 25.0 Å². The highest BCUT2D eigenvalue weighted by atomic mass is 16.6. The van der Waals surface area contributed by atoms with Gasteiger partial charge in [0.15, 0.2) is 0 Å². The zero-order chi connectivity index (χ0) is 15.4. The highest BCUT2D eigenvalue weighted by Crippen LogP contribution is 2.25. The Morgan fingerprint density at radius 2 is 2.19 bits per heavy atom. The molecule has 1 unspecified atom stereocenters. The summed E-state index contributed by atoms with van der Waals surface area (Å²) in [5.74, 6) is -0.806. The van der Waals surface area contributed by atoms with Crippen molar-refractivity contribution in [1.82, 2.24) is 4.90 Å². The Bertz CT molecular complexity index is 544. The molecule has 0 saturated carbocycles. The van der Waals surface area contributed by atoms with Crippen molar-refractivity contribution in [3.8, 4) is 0 Å². The third kappa shape index (κ3) is 3.58. The van der Waals surface area contributed by atoms with E-state index in [-0.39, 0.29) is 5.69 Å². The van der Waals surface area contributed by atoms with E-state index < -0.39 is 16.9 Å². The molecule has 1 N–H and O–H groups in total. The number of nitro benzene ring substituents is 1. The fourth-order valence-electron chi connectivity index (χ4n) is 2.89. The number of carbonyl (C=O) groups is 1. The molecule has 1 aromatic carbocycles. The molecule has 1 fully saturated rings. The topological polar surface area (TPSA) is 83.7 Å². The van der Waals surface area contributed by atoms with Crippen LogP contribution in [0.5, 0.6) is 0 Å². The molecule has 6 nitrogen and oxygen atoms in total. The minimum atomic E-state index is -0.806. The van der Waals surface area contributed by atoms with Crippen LogP contribution in [0.15, 0.2) is 18.2 Å². The summed E-state index contributed by atoms with van der Waals surface area (Å²) < 4.78 is 0. The SMILES string of the molecule is Cc1c(CN2CCCCCC2C(=O)O)cccc1[N+](=O)[O-]. The fraction of sp³-hybridized carbons (Fsp3) is 0.533. The molecule has 1 aromatic rings. The summed E-state index contributed by atoms with van der Waals surface area (Å²) in [7, 11) is 0. The molecule has 0 radical (unpaired) electrons. The molecule has 6 heteroatoms. The van der Waals surface area contributed by atoms with Crippen LogP contribution >= 0.6 is 0 Å². The van der Waals surface area contributed by atoms with Crippen molar-refractivity contribution in [2.45, 2.75) is 45.2 Å². The Morgan fingerprint density at radius 1 is 1.43 bits per heavy atom. The van der Waals surface area contributed by atoms with E-state index in [9.17, 15) is 20.0 Å². The normalized spacial score (nSPS) is 20.0. The molecule has 0 bridgehead atoms. The number of nitro groups is 1. The predicted octanol–water partition coefficient (Wildman–Crippen LogP) is 2.73. The van der Waals surface area contributed by atoms with Crippen molar-refractivity contribution in [3.63, 3.8) is 0 Å². The van der Waals surface area contributed by atoms with E-state index in [4.69, 9.17) is 0 Å². The summed E-state index contributed by atoms with van der Waals surface area (Å²) in [5, 5.41) is 20.4. The maximum Gasteiger partial charge on any atom is 0.320 e. The molecular weight excluding hydrogens is 272 g/mol. The van der Waals surface area contributed by atoms with E-state index in [1.807, 2.05) is 11.0 Å². The second-order valence-corrected chi connectivity index (χ2v) is 5.49. The summed E-state index contributed by atoms with van der Waals surface area (Å²) in [4.78, 5) is 23.9. The highest BCUT2D eigenvalue weighted by molar-refractivity contribution is 5.73. The average molecular weight is 292 g/mol. The first-order valence-electron chi connectivity index (χ1n) is 7.20. The van der Waals surface area contributed by atoms with E-state index >= 15 is 0 Å². The molecule has 2 rings (SSSR count). The number of nitrogens with zero attached hydrogens (tertiary/aromatic N) is 2. The van der Waals surface area contributed by atoms with Crippen molar-refractivity contribution >= 4 is 11.7 Å². The maximum atomic E-state index is 11.4. The van der Waals surface area contributed by atoms with Gasteiger partial charge < -0.3 is 5.11 Å². The monoisotopic (exact) mass is 292 g/mol. The van der Waals surface area contributed by atoms with Gasteiger partial charge >= 0.3 is 5.97 Å². The van der Waals surface area contributed by atoms with Crippen LogP contribution in [-0.2, 0) is 11.3 Å². The molecule has 1 heterocycles. The third-order valence-corrected chi connectivity index (χ3v) is 4.14. The number of benzene rings is 1. The van der Waals surface area contributed by atoms with Gasteiger partial charge in [-0.05, 0) is 31.9 Å². The second kappa shape index (κ2) is 6.67.